The molecule has 0 radical (unpaired) electrons. The number of aromatic nitrogens is 1. The van der Waals surface area contributed by atoms with Crippen molar-refractivity contribution in [3.8, 4) is 0 Å². The molecule has 1 fully saturated rings. The molecule has 5 heteroatoms. The van der Waals surface area contributed by atoms with E-state index in [2.05, 4.69) is 34.0 Å². The van der Waals surface area contributed by atoms with Crippen LogP contribution in [0.25, 0.3) is 0 Å². The van der Waals surface area contributed by atoms with Crippen molar-refractivity contribution in [2.75, 3.05) is 31.1 Å². The van der Waals surface area contributed by atoms with Crippen LogP contribution in [0.3, 0.4) is 0 Å². The van der Waals surface area contributed by atoms with Gasteiger partial charge in [-0.1, -0.05) is 0 Å². The first-order valence-corrected chi connectivity index (χ1v) is 6.72. The molecule has 0 aliphatic carbocycles. The maximum atomic E-state index is 5.57. The van der Waals surface area contributed by atoms with E-state index < -0.39 is 0 Å². The van der Waals surface area contributed by atoms with Gasteiger partial charge in [0.15, 0.2) is 5.13 Å². The smallest absolute Gasteiger partial charge is 0.185 e. The van der Waals surface area contributed by atoms with Gasteiger partial charge in [0.1, 0.15) is 0 Å². The highest BCUT2D eigenvalue weighted by Gasteiger charge is 2.20. The summed E-state index contributed by atoms with van der Waals surface area (Å²) in [6.07, 6.45) is 0. The van der Waals surface area contributed by atoms with Crippen LogP contribution in [-0.4, -0.2) is 42.1 Å². The lowest BCUT2D eigenvalue weighted by molar-refractivity contribution is 0.209. The first kappa shape index (κ1) is 11.8. The lowest BCUT2D eigenvalue weighted by Crippen LogP contribution is -2.48. The van der Waals surface area contributed by atoms with Crippen molar-refractivity contribution in [2.45, 2.75) is 26.4 Å². The molecule has 2 rings (SSSR count). The summed E-state index contributed by atoms with van der Waals surface area (Å²) in [6, 6.07) is 0.651. The van der Waals surface area contributed by atoms with Gasteiger partial charge in [-0.15, -0.1) is 11.3 Å². The van der Waals surface area contributed by atoms with Gasteiger partial charge in [-0.3, -0.25) is 4.90 Å². The van der Waals surface area contributed by atoms with E-state index in [9.17, 15) is 0 Å². The minimum atomic E-state index is 0.544. The molecular weight excluding hydrogens is 220 g/mol. The summed E-state index contributed by atoms with van der Waals surface area (Å²) in [5.41, 5.74) is 6.58. The van der Waals surface area contributed by atoms with Gasteiger partial charge >= 0.3 is 0 Å². The third kappa shape index (κ3) is 2.53. The Labute approximate surface area is 101 Å². The summed E-state index contributed by atoms with van der Waals surface area (Å²) in [5, 5.41) is 3.19. The van der Waals surface area contributed by atoms with Crippen molar-refractivity contribution in [2.24, 2.45) is 5.73 Å². The van der Waals surface area contributed by atoms with Crippen molar-refractivity contribution in [1.82, 2.24) is 9.88 Å². The van der Waals surface area contributed by atoms with Crippen LogP contribution in [0.4, 0.5) is 5.13 Å². The molecule has 1 saturated heterocycles. The highest BCUT2D eigenvalue weighted by molar-refractivity contribution is 7.13. The molecule has 1 aliphatic heterocycles. The molecule has 1 aromatic rings. The van der Waals surface area contributed by atoms with Crippen LogP contribution in [0.1, 0.15) is 19.5 Å². The zero-order chi connectivity index (χ0) is 11.5. The fourth-order valence-electron chi connectivity index (χ4n) is 1.96. The third-order valence-electron chi connectivity index (χ3n) is 3.06. The van der Waals surface area contributed by atoms with E-state index in [1.54, 1.807) is 11.3 Å². The number of nitrogens with zero attached hydrogens (tertiary/aromatic N) is 3. The first-order chi connectivity index (χ1) is 7.70. The largest absolute Gasteiger partial charge is 0.346 e. The standard InChI is InChI=1S/C11H20N4S/c1-9(2)14-3-5-15(6-4-14)11-13-10(7-12)8-16-11/h8-9H,3-7,12H2,1-2H3. The second kappa shape index (κ2) is 5.12. The Kier molecular flexibility index (Phi) is 3.78. The Morgan fingerprint density at radius 2 is 2.06 bits per heavy atom. The third-order valence-corrected chi connectivity index (χ3v) is 4.01. The number of nitrogens with two attached hydrogens (primary N) is 1. The minimum Gasteiger partial charge on any atom is -0.346 e. The van der Waals surface area contributed by atoms with Crippen LogP contribution in [-0.2, 0) is 6.54 Å². The number of piperazine rings is 1. The molecule has 1 aromatic heterocycles. The van der Waals surface area contributed by atoms with Gasteiger partial charge in [-0.25, -0.2) is 4.98 Å². The summed E-state index contributed by atoms with van der Waals surface area (Å²) in [4.78, 5) is 9.39. The van der Waals surface area contributed by atoms with Crippen molar-refractivity contribution in [3.05, 3.63) is 11.1 Å². The van der Waals surface area contributed by atoms with Crippen LogP contribution in [0, 0.1) is 0 Å². The van der Waals surface area contributed by atoms with Gasteiger partial charge in [0.05, 0.1) is 5.69 Å². The monoisotopic (exact) mass is 240 g/mol. The summed E-state index contributed by atoms with van der Waals surface area (Å²) >= 11 is 1.71. The Bertz CT molecular complexity index is 328. The normalized spacial score (nSPS) is 18.4. The van der Waals surface area contributed by atoms with Crippen LogP contribution < -0.4 is 10.6 Å². The molecule has 1 aliphatic rings. The lowest BCUT2D eigenvalue weighted by Gasteiger charge is -2.36. The van der Waals surface area contributed by atoms with Crippen LogP contribution >= 0.6 is 11.3 Å². The van der Waals surface area contributed by atoms with E-state index >= 15 is 0 Å². The van der Waals surface area contributed by atoms with Gasteiger partial charge in [-0.2, -0.15) is 0 Å². The first-order valence-electron chi connectivity index (χ1n) is 5.84. The van der Waals surface area contributed by atoms with E-state index in [1.807, 2.05) is 0 Å². The second-order valence-electron chi connectivity index (χ2n) is 4.44. The predicted octanol–water partition coefficient (Wildman–Crippen LogP) is 1.13. The van der Waals surface area contributed by atoms with E-state index in [0.29, 0.717) is 12.6 Å². The van der Waals surface area contributed by atoms with Crippen LogP contribution in [0.15, 0.2) is 5.38 Å². The lowest BCUT2D eigenvalue weighted by atomic mass is 10.2. The number of thiazole rings is 1. The topological polar surface area (TPSA) is 45.4 Å². The fourth-order valence-corrected chi connectivity index (χ4v) is 2.86. The van der Waals surface area contributed by atoms with Crippen molar-refractivity contribution in [3.63, 3.8) is 0 Å². The van der Waals surface area contributed by atoms with E-state index in [-0.39, 0.29) is 0 Å². The molecule has 90 valence electrons. The molecule has 16 heavy (non-hydrogen) atoms. The van der Waals surface area contributed by atoms with Crippen LogP contribution in [0.5, 0.6) is 0 Å². The Hall–Kier alpha value is -0.650. The van der Waals surface area contributed by atoms with E-state index in [4.69, 9.17) is 5.73 Å². The summed E-state index contributed by atoms with van der Waals surface area (Å²) in [5.74, 6) is 0. The molecule has 0 spiro atoms. The van der Waals surface area contributed by atoms with Crippen molar-refractivity contribution >= 4 is 16.5 Å². The summed E-state index contributed by atoms with van der Waals surface area (Å²) in [6.45, 7) is 9.48. The Morgan fingerprint density at radius 3 is 2.56 bits per heavy atom. The molecule has 2 N–H and O–H groups in total. The quantitative estimate of drug-likeness (QED) is 0.860. The Morgan fingerprint density at radius 1 is 1.38 bits per heavy atom. The van der Waals surface area contributed by atoms with E-state index in [0.717, 1.165) is 37.0 Å². The maximum absolute atomic E-state index is 5.57. The van der Waals surface area contributed by atoms with Gasteiger partial charge in [0.2, 0.25) is 0 Å². The summed E-state index contributed by atoms with van der Waals surface area (Å²) < 4.78 is 0. The number of hydrogen-bond donors (Lipinski definition) is 1. The molecular formula is C11H20N4S. The van der Waals surface area contributed by atoms with Crippen molar-refractivity contribution in [1.29, 1.82) is 0 Å². The molecule has 0 atom stereocenters. The highest BCUT2D eigenvalue weighted by atomic mass is 32.1. The molecule has 0 bridgehead atoms. The van der Waals surface area contributed by atoms with Gasteiger partial charge in [-0.05, 0) is 13.8 Å². The maximum Gasteiger partial charge on any atom is 0.185 e. The van der Waals surface area contributed by atoms with Crippen molar-refractivity contribution < 1.29 is 0 Å². The zero-order valence-corrected chi connectivity index (χ0v) is 10.8. The highest BCUT2D eigenvalue weighted by Crippen LogP contribution is 2.21. The van der Waals surface area contributed by atoms with Gasteiger partial charge in [0.25, 0.3) is 0 Å². The number of rotatable bonds is 3. The molecule has 0 amide bonds. The molecule has 4 nitrogen and oxygen atoms in total. The average molecular weight is 240 g/mol. The van der Waals surface area contributed by atoms with Crippen LogP contribution in [0.2, 0.25) is 0 Å². The van der Waals surface area contributed by atoms with Gasteiger partial charge < -0.3 is 10.6 Å². The fraction of sp³-hybridized carbons (Fsp3) is 0.727. The second-order valence-corrected chi connectivity index (χ2v) is 5.28. The molecule has 0 aromatic carbocycles. The molecule has 0 unspecified atom stereocenters. The SMILES string of the molecule is CC(C)N1CCN(c2nc(CN)cs2)CC1. The number of hydrogen-bond acceptors (Lipinski definition) is 5. The molecule has 2 heterocycles. The predicted molar refractivity (Wildman–Crippen MR) is 68.9 cm³/mol. The summed E-state index contributed by atoms with van der Waals surface area (Å²) in [7, 11) is 0. The Balaban J connectivity index is 1.93. The van der Waals surface area contributed by atoms with E-state index in [1.165, 1.54) is 0 Å². The number of anilines is 1. The minimum absolute atomic E-state index is 0.544. The average Bonchev–Trinajstić information content (AvgIpc) is 2.77. The van der Waals surface area contributed by atoms with Gasteiger partial charge in [0, 0.05) is 44.1 Å². The zero-order valence-electron chi connectivity index (χ0n) is 10.0. The molecule has 0 saturated carbocycles.